The second-order valence-electron chi connectivity index (χ2n) is 7.78. The van der Waals surface area contributed by atoms with E-state index in [0.717, 1.165) is 17.2 Å². The van der Waals surface area contributed by atoms with Crippen LogP contribution in [0.25, 0.3) is 10.8 Å². The van der Waals surface area contributed by atoms with Crippen LogP contribution in [-0.2, 0) is 17.8 Å². The minimum absolute atomic E-state index is 0.419. The first kappa shape index (κ1) is 22.9. The van der Waals surface area contributed by atoms with E-state index >= 15 is 0 Å². The van der Waals surface area contributed by atoms with Crippen molar-refractivity contribution in [2.24, 2.45) is 0 Å². The quantitative estimate of drug-likeness (QED) is 0.245. The van der Waals surface area contributed by atoms with Crippen molar-refractivity contribution in [3.05, 3.63) is 42.0 Å². The van der Waals surface area contributed by atoms with E-state index in [0.29, 0.717) is 5.75 Å². The number of fused-ring (bicyclic) bond motifs is 1. The Bertz CT molecular complexity index is 714. The van der Waals surface area contributed by atoms with Crippen LogP contribution < -0.4 is 4.18 Å². The molecule has 0 amide bonds. The highest BCUT2D eigenvalue weighted by molar-refractivity contribution is 7.74. The van der Waals surface area contributed by atoms with Gasteiger partial charge in [0.15, 0.2) is 0 Å². The second-order valence-corrected chi connectivity index (χ2v) is 8.38. The van der Waals surface area contributed by atoms with E-state index in [1.807, 2.05) is 6.07 Å². The highest BCUT2D eigenvalue weighted by atomic mass is 32.2. The molecule has 4 heteroatoms. The van der Waals surface area contributed by atoms with Crippen LogP contribution in [0, 0.1) is 0 Å². The first-order valence-corrected chi connectivity index (χ1v) is 12.0. The largest absolute Gasteiger partial charge is 0.380 e. The van der Waals surface area contributed by atoms with Crippen LogP contribution in [0.4, 0.5) is 0 Å². The van der Waals surface area contributed by atoms with Crippen molar-refractivity contribution in [3.8, 4) is 5.75 Å². The molecule has 0 aliphatic rings. The Balaban J connectivity index is 1.58. The highest BCUT2D eigenvalue weighted by Gasteiger charge is 2.02. The first-order chi connectivity index (χ1) is 13.7. The minimum Gasteiger partial charge on any atom is -0.380 e. The molecule has 0 bridgehead atoms. The fourth-order valence-electron chi connectivity index (χ4n) is 3.73. The normalized spacial score (nSPS) is 12.4. The molecule has 2 aromatic rings. The van der Waals surface area contributed by atoms with Crippen molar-refractivity contribution in [1.29, 1.82) is 0 Å². The Morgan fingerprint density at radius 1 is 0.750 bits per heavy atom. The summed E-state index contributed by atoms with van der Waals surface area (Å²) in [5.74, 6) is 0.419. The van der Waals surface area contributed by atoms with Crippen molar-refractivity contribution in [2.75, 3.05) is 0 Å². The first-order valence-electron chi connectivity index (χ1n) is 11.0. The van der Waals surface area contributed by atoms with Gasteiger partial charge >= 0.3 is 11.4 Å². The Kier molecular flexibility index (Phi) is 11.2. The Labute approximate surface area is 173 Å². The standard InChI is InChI=1S/C24H36O3S/c1-2-3-4-5-6-7-8-9-10-11-12-13-14-21-15-16-23-20-24(27-28(25)26)18-17-22(23)19-21/h15-20H,2-14H2,1H3,(H,25,26). The molecule has 1 N–H and O–H groups in total. The van der Waals surface area contributed by atoms with Gasteiger partial charge in [0.25, 0.3) is 0 Å². The van der Waals surface area contributed by atoms with Gasteiger partial charge in [0.05, 0.1) is 0 Å². The van der Waals surface area contributed by atoms with Crippen LogP contribution in [0.5, 0.6) is 5.75 Å². The maximum absolute atomic E-state index is 10.7. The fourth-order valence-corrected chi connectivity index (χ4v) is 4.00. The van der Waals surface area contributed by atoms with Crippen LogP contribution in [0.2, 0.25) is 0 Å². The summed E-state index contributed by atoms with van der Waals surface area (Å²) in [7, 11) is 0. The van der Waals surface area contributed by atoms with Gasteiger partial charge in [-0.05, 0) is 41.3 Å². The van der Waals surface area contributed by atoms with Gasteiger partial charge in [-0.2, -0.15) is 4.21 Å². The third kappa shape index (κ3) is 9.20. The molecule has 0 aromatic heterocycles. The van der Waals surface area contributed by atoms with Crippen molar-refractivity contribution >= 4 is 22.1 Å². The fraction of sp³-hybridized carbons (Fsp3) is 0.583. The van der Waals surface area contributed by atoms with Crippen LogP contribution in [0.15, 0.2) is 36.4 Å². The summed E-state index contributed by atoms with van der Waals surface area (Å²) in [6.45, 7) is 2.27. The summed E-state index contributed by atoms with van der Waals surface area (Å²) in [6, 6.07) is 11.9. The van der Waals surface area contributed by atoms with Crippen molar-refractivity contribution in [1.82, 2.24) is 0 Å². The third-order valence-corrected chi connectivity index (χ3v) is 5.70. The molecule has 3 nitrogen and oxygen atoms in total. The summed E-state index contributed by atoms with van der Waals surface area (Å²) < 4.78 is 24.4. The number of rotatable bonds is 15. The van der Waals surface area contributed by atoms with Gasteiger partial charge in [-0.3, -0.25) is 4.55 Å². The summed E-state index contributed by atoms with van der Waals surface area (Å²) in [6.07, 6.45) is 17.6. The van der Waals surface area contributed by atoms with Crippen molar-refractivity contribution < 1.29 is 12.9 Å². The Hall–Kier alpha value is -1.39. The van der Waals surface area contributed by atoms with E-state index < -0.39 is 11.4 Å². The Morgan fingerprint density at radius 2 is 1.29 bits per heavy atom. The summed E-state index contributed by atoms with van der Waals surface area (Å²) in [5.41, 5.74) is 1.36. The number of unbranched alkanes of at least 4 members (excludes halogenated alkanes) is 11. The molecular formula is C24H36O3S. The molecule has 28 heavy (non-hydrogen) atoms. The molecule has 0 saturated heterocycles. The number of benzene rings is 2. The molecule has 1 unspecified atom stereocenters. The van der Waals surface area contributed by atoms with Gasteiger partial charge in [0, 0.05) is 0 Å². The zero-order valence-corrected chi connectivity index (χ0v) is 18.1. The topological polar surface area (TPSA) is 46.5 Å². The zero-order valence-electron chi connectivity index (χ0n) is 17.3. The van der Waals surface area contributed by atoms with Crippen molar-refractivity contribution in [3.63, 3.8) is 0 Å². The number of aryl methyl sites for hydroxylation is 1. The van der Waals surface area contributed by atoms with E-state index in [4.69, 9.17) is 8.74 Å². The predicted molar refractivity (Wildman–Crippen MR) is 120 cm³/mol. The molecule has 0 heterocycles. The molecule has 2 aromatic carbocycles. The number of hydrogen-bond donors (Lipinski definition) is 1. The minimum atomic E-state index is -2.28. The van der Waals surface area contributed by atoms with Gasteiger partial charge in [0.1, 0.15) is 5.75 Å². The van der Waals surface area contributed by atoms with Crippen LogP contribution >= 0.6 is 0 Å². The lowest BCUT2D eigenvalue weighted by molar-refractivity contribution is 0.458. The molecule has 0 saturated carbocycles. The van der Waals surface area contributed by atoms with Crippen molar-refractivity contribution in [2.45, 2.75) is 90.4 Å². The molecule has 1 atom stereocenters. The zero-order chi connectivity index (χ0) is 20.0. The lowest BCUT2D eigenvalue weighted by Crippen LogP contribution is -1.97. The number of hydrogen-bond acceptors (Lipinski definition) is 2. The van der Waals surface area contributed by atoms with E-state index in [-0.39, 0.29) is 0 Å². The second kappa shape index (κ2) is 13.7. The average molecular weight is 405 g/mol. The molecule has 0 aliphatic heterocycles. The summed E-state index contributed by atoms with van der Waals surface area (Å²) in [5, 5.41) is 2.17. The average Bonchev–Trinajstić information content (AvgIpc) is 2.68. The summed E-state index contributed by atoms with van der Waals surface area (Å²) >= 11 is -2.28. The molecule has 0 radical (unpaired) electrons. The van der Waals surface area contributed by atoms with E-state index in [9.17, 15) is 4.21 Å². The van der Waals surface area contributed by atoms with Crippen LogP contribution in [0.3, 0.4) is 0 Å². The smallest absolute Gasteiger partial charge is 0.357 e. The van der Waals surface area contributed by atoms with E-state index in [1.165, 1.54) is 82.6 Å². The van der Waals surface area contributed by atoms with Gasteiger partial charge in [0.2, 0.25) is 0 Å². The predicted octanol–water partition coefficient (Wildman–Crippen LogP) is 7.60. The summed E-state index contributed by atoms with van der Waals surface area (Å²) in [4.78, 5) is 0. The molecule has 0 fully saturated rings. The molecule has 156 valence electrons. The van der Waals surface area contributed by atoms with Crippen LogP contribution in [-0.4, -0.2) is 8.76 Å². The SMILES string of the molecule is CCCCCCCCCCCCCCc1ccc2cc(OS(=O)O)ccc2c1. The molecule has 0 aliphatic carbocycles. The van der Waals surface area contributed by atoms with E-state index in [1.54, 1.807) is 12.1 Å². The molecule has 0 spiro atoms. The van der Waals surface area contributed by atoms with Gasteiger partial charge in [-0.15, -0.1) is 0 Å². The molecule has 2 rings (SSSR count). The maximum Gasteiger partial charge on any atom is 0.357 e. The highest BCUT2D eigenvalue weighted by Crippen LogP contribution is 2.23. The monoisotopic (exact) mass is 404 g/mol. The Morgan fingerprint density at radius 3 is 1.89 bits per heavy atom. The lowest BCUT2D eigenvalue weighted by atomic mass is 10.0. The van der Waals surface area contributed by atoms with Gasteiger partial charge in [-0.1, -0.05) is 102 Å². The van der Waals surface area contributed by atoms with E-state index in [2.05, 4.69) is 25.1 Å². The van der Waals surface area contributed by atoms with Gasteiger partial charge in [-0.25, -0.2) is 0 Å². The third-order valence-electron chi connectivity index (χ3n) is 5.36. The van der Waals surface area contributed by atoms with Crippen LogP contribution in [0.1, 0.15) is 89.5 Å². The molecular weight excluding hydrogens is 368 g/mol. The lowest BCUT2D eigenvalue weighted by Gasteiger charge is -2.06. The maximum atomic E-state index is 10.7. The van der Waals surface area contributed by atoms with Gasteiger partial charge < -0.3 is 4.18 Å².